The minimum absolute atomic E-state index is 0.0464. The largest absolute Gasteiger partial charge is 0.352 e. The van der Waals surface area contributed by atoms with E-state index in [4.69, 9.17) is 12.2 Å². The predicted molar refractivity (Wildman–Crippen MR) is 95.3 cm³/mol. The summed E-state index contributed by atoms with van der Waals surface area (Å²) in [5, 5.41) is 0. The molecule has 1 saturated carbocycles. The fraction of sp³-hybridized carbons (Fsp3) is 0.611. The topological polar surface area (TPSA) is 56.4 Å². The molecule has 0 radical (unpaired) electrons. The third kappa shape index (κ3) is 4.04. The van der Waals surface area contributed by atoms with Crippen molar-refractivity contribution in [3.63, 3.8) is 0 Å². The van der Waals surface area contributed by atoms with Gasteiger partial charge in [-0.25, -0.2) is 0 Å². The van der Waals surface area contributed by atoms with Crippen LogP contribution in [0.2, 0.25) is 0 Å². The molecule has 2 fully saturated rings. The van der Waals surface area contributed by atoms with Crippen LogP contribution >= 0.6 is 12.2 Å². The normalized spacial score (nSPS) is 18.8. The molecule has 3 rings (SSSR count). The summed E-state index contributed by atoms with van der Waals surface area (Å²) in [7, 11) is 0. The highest BCUT2D eigenvalue weighted by molar-refractivity contribution is 7.71. The summed E-state index contributed by atoms with van der Waals surface area (Å²) in [5.74, 6) is 0.942. The van der Waals surface area contributed by atoms with Crippen LogP contribution in [0.4, 0.5) is 0 Å². The SMILES string of the molecule is O=C(CCC1CCCC1)N1CCN(C(=O)c2ccc[nH]c2=S)CC1. The van der Waals surface area contributed by atoms with Gasteiger partial charge in [0, 0.05) is 38.8 Å². The van der Waals surface area contributed by atoms with Crippen molar-refractivity contribution in [3.8, 4) is 0 Å². The molecule has 0 atom stereocenters. The van der Waals surface area contributed by atoms with E-state index in [0.29, 0.717) is 42.8 Å². The summed E-state index contributed by atoms with van der Waals surface area (Å²) in [6, 6.07) is 3.53. The Morgan fingerprint density at radius 1 is 1.12 bits per heavy atom. The van der Waals surface area contributed by atoms with E-state index in [1.165, 1.54) is 25.7 Å². The Hall–Kier alpha value is -1.69. The molecule has 1 aliphatic carbocycles. The van der Waals surface area contributed by atoms with E-state index in [9.17, 15) is 9.59 Å². The molecule has 24 heavy (non-hydrogen) atoms. The zero-order valence-corrected chi connectivity index (χ0v) is 14.8. The monoisotopic (exact) mass is 347 g/mol. The first kappa shape index (κ1) is 17.1. The van der Waals surface area contributed by atoms with Crippen LogP contribution in [0, 0.1) is 10.6 Å². The number of pyridine rings is 1. The van der Waals surface area contributed by atoms with Crippen molar-refractivity contribution in [2.24, 2.45) is 5.92 Å². The first-order valence-corrected chi connectivity index (χ1v) is 9.31. The van der Waals surface area contributed by atoms with Crippen LogP contribution < -0.4 is 0 Å². The first-order chi connectivity index (χ1) is 11.6. The highest BCUT2D eigenvalue weighted by Gasteiger charge is 2.26. The minimum Gasteiger partial charge on any atom is -0.352 e. The molecule has 130 valence electrons. The van der Waals surface area contributed by atoms with Crippen molar-refractivity contribution in [2.75, 3.05) is 26.2 Å². The smallest absolute Gasteiger partial charge is 0.256 e. The number of piperazine rings is 1. The van der Waals surface area contributed by atoms with Gasteiger partial charge in [-0.3, -0.25) is 9.59 Å². The van der Waals surface area contributed by atoms with Crippen LogP contribution in [0.15, 0.2) is 18.3 Å². The van der Waals surface area contributed by atoms with Gasteiger partial charge in [-0.15, -0.1) is 0 Å². The molecular weight excluding hydrogens is 322 g/mol. The molecular formula is C18H25N3O2S. The number of amides is 2. The predicted octanol–water partition coefficient (Wildman–Crippen LogP) is 3.00. The average Bonchev–Trinajstić information content (AvgIpc) is 3.13. The van der Waals surface area contributed by atoms with Crippen molar-refractivity contribution in [3.05, 3.63) is 28.5 Å². The second-order valence-electron chi connectivity index (χ2n) is 6.78. The molecule has 0 unspecified atom stereocenters. The fourth-order valence-corrected chi connectivity index (χ4v) is 3.93. The lowest BCUT2D eigenvalue weighted by Crippen LogP contribution is -2.50. The maximum atomic E-state index is 12.5. The maximum absolute atomic E-state index is 12.5. The third-order valence-electron chi connectivity index (χ3n) is 5.21. The van der Waals surface area contributed by atoms with Gasteiger partial charge < -0.3 is 14.8 Å². The van der Waals surface area contributed by atoms with E-state index in [1.807, 2.05) is 4.90 Å². The van der Waals surface area contributed by atoms with E-state index in [1.54, 1.807) is 23.2 Å². The van der Waals surface area contributed by atoms with Crippen molar-refractivity contribution in [2.45, 2.75) is 38.5 Å². The molecule has 2 amide bonds. The summed E-state index contributed by atoms with van der Waals surface area (Å²) in [4.78, 5) is 31.5. The van der Waals surface area contributed by atoms with Crippen LogP contribution in [0.1, 0.15) is 48.9 Å². The highest BCUT2D eigenvalue weighted by atomic mass is 32.1. The standard InChI is InChI=1S/C18H25N3O2S/c22-16(8-7-14-4-1-2-5-14)20-10-12-21(13-11-20)18(23)15-6-3-9-19-17(15)24/h3,6,9,14H,1-2,4-5,7-8,10-13H2,(H,19,24). The summed E-state index contributed by atoms with van der Waals surface area (Å²) in [5.41, 5.74) is 0.536. The molecule has 1 aromatic heterocycles. The van der Waals surface area contributed by atoms with Gasteiger partial charge in [-0.1, -0.05) is 37.9 Å². The van der Waals surface area contributed by atoms with Crippen LogP contribution in [0.25, 0.3) is 0 Å². The molecule has 0 spiro atoms. The lowest BCUT2D eigenvalue weighted by molar-refractivity contribution is -0.133. The van der Waals surface area contributed by atoms with Gasteiger partial charge in [-0.05, 0) is 24.5 Å². The average molecular weight is 347 g/mol. The molecule has 0 aromatic carbocycles. The molecule has 6 heteroatoms. The van der Waals surface area contributed by atoms with E-state index >= 15 is 0 Å². The van der Waals surface area contributed by atoms with Gasteiger partial charge >= 0.3 is 0 Å². The van der Waals surface area contributed by atoms with Crippen molar-refractivity contribution >= 4 is 24.0 Å². The molecule has 0 bridgehead atoms. The Bertz CT molecular complexity index is 644. The van der Waals surface area contributed by atoms with Gasteiger partial charge in [0.1, 0.15) is 4.64 Å². The minimum atomic E-state index is -0.0464. The summed E-state index contributed by atoms with van der Waals surface area (Å²) >= 11 is 5.18. The summed E-state index contributed by atoms with van der Waals surface area (Å²) < 4.78 is 0.470. The Morgan fingerprint density at radius 2 is 1.79 bits per heavy atom. The number of aromatic nitrogens is 1. The number of aromatic amines is 1. The number of carbonyl (C=O) groups is 2. The molecule has 1 aromatic rings. The van der Waals surface area contributed by atoms with Gasteiger partial charge in [0.15, 0.2) is 0 Å². The molecule has 1 N–H and O–H groups in total. The molecule has 2 aliphatic rings. The molecule has 1 saturated heterocycles. The van der Waals surface area contributed by atoms with E-state index < -0.39 is 0 Å². The lowest BCUT2D eigenvalue weighted by atomic mass is 10.0. The zero-order valence-electron chi connectivity index (χ0n) is 14.0. The summed E-state index contributed by atoms with van der Waals surface area (Å²) in [6.45, 7) is 2.41. The third-order valence-corrected chi connectivity index (χ3v) is 5.55. The molecule has 5 nitrogen and oxygen atoms in total. The second kappa shape index (κ2) is 7.92. The van der Waals surface area contributed by atoms with Crippen LogP contribution in [0.3, 0.4) is 0 Å². The zero-order chi connectivity index (χ0) is 16.9. The number of nitrogens with one attached hydrogen (secondary N) is 1. The van der Waals surface area contributed by atoms with E-state index in [2.05, 4.69) is 4.98 Å². The number of H-pyrrole nitrogens is 1. The first-order valence-electron chi connectivity index (χ1n) is 8.90. The van der Waals surface area contributed by atoms with Gasteiger partial charge in [0.2, 0.25) is 5.91 Å². The van der Waals surface area contributed by atoms with Gasteiger partial charge in [0.25, 0.3) is 5.91 Å². The van der Waals surface area contributed by atoms with Crippen molar-refractivity contribution in [1.29, 1.82) is 0 Å². The van der Waals surface area contributed by atoms with Crippen LogP contribution in [-0.2, 0) is 4.79 Å². The Kier molecular flexibility index (Phi) is 5.66. The number of carbonyl (C=O) groups excluding carboxylic acids is 2. The Balaban J connectivity index is 1.48. The van der Waals surface area contributed by atoms with Gasteiger partial charge in [-0.2, -0.15) is 0 Å². The Labute approximate surface area is 148 Å². The Morgan fingerprint density at radius 3 is 2.46 bits per heavy atom. The quantitative estimate of drug-likeness (QED) is 0.852. The number of hydrogen-bond acceptors (Lipinski definition) is 3. The van der Waals surface area contributed by atoms with Crippen LogP contribution in [-0.4, -0.2) is 52.8 Å². The van der Waals surface area contributed by atoms with Crippen molar-refractivity contribution in [1.82, 2.24) is 14.8 Å². The highest BCUT2D eigenvalue weighted by Crippen LogP contribution is 2.28. The number of rotatable bonds is 4. The fourth-order valence-electron chi connectivity index (χ4n) is 3.70. The van der Waals surface area contributed by atoms with E-state index in [-0.39, 0.29) is 11.8 Å². The van der Waals surface area contributed by atoms with Gasteiger partial charge in [0.05, 0.1) is 5.56 Å². The summed E-state index contributed by atoms with van der Waals surface area (Å²) in [6.07, 6.45) is 8.61. The second-order valence-corrected chi connectivity index (χ2v) is 7.18. The molecule has 1 aliphatic heterocycles. The van der Waals surface area contributed by atoms with Crippen molar-refractivity contribution < 1.29 is 9.59 Å². The number of hydrogen-bond donors (Lipinski definition) is 1. The van der Waals surface area contributed by atoms with Crippen LogP contribution in [0.5, 0.6) is 0 Å². The van der Waals surface area contributed by atoms with E-state index in [0.717, 1.165) is 12.3 Å². The lowest BCUT2D eigenvalue weighted by Gasteiger charge is -2.35. The number of nitrogens with zero attached hydrogens (tertiary/aromatic N) is 2. The molecule has 2 heterocycles. The maximum Gasteiger partial charge on any atom is 0.256 e.